The number of carbonyl (C=O) groups excluding carboxylic acids is 1. The Morgan fingerprint density at radius 2 is 2.05 bits per heavy atom. The van der Waals surface area contributed by atoms with Crippen molar-refractivity contribution in [3.8, 4) is 0 Å². The molecule has 20 heavy (non-hydrogen) atoms. The lowest BCUT2D eigenvalue weighted by molar-refractivity contribution is -0.137. The van der Waals surface area contributed by atoms with E-state index in [0.717, 1.165) is 6.07 Å². The zero-order chi connectivity index (χ0) is 14.8. The van der Waals surface area contributed by atoms with E-state index in [2.05, 4.69) is 10.4 Å². The molecule has 0 spiro atoms. The lowest BCUT2D eigenvalue weighted by Gasteiger charge is -2.13. The van der Waals surface area contributed by atoms with Crippen molar-refractivity contribution in [3.63, 3.8) is 0 Å². The van der Waals surface area contributed by atoms with Crippen LogP contribution in [0.15, 0.2) is 36.7 Å². The summed E-state index contributed by atoms with van der Waals surface area (Å²) < 4.78 is 39.5. The topological polar surface area (TPSA) is 46.9 Å². The number of rotatable bonds is 3. The van der Waals surface area contributed by atoms with Crippen LogP contribution in [0.5, 0.6) is 0 Å². The molecule has 0 fully saturated rings. The molecule has 0 aliphatic carbocycles. The van der Waals surface area contributed by atoms with E-state index in [1.54, 1.807) is 0 Å². The predicted molar refractivity (Wildman–Crippen MR) is 67.3 cm³/mol. The molecule has 106 valence electrons. The smallest absolute Gasteiger partial charge is 0.324 e. The SMILES string of the molecule is O=C(Cn1cc(Cl)cn1)Nc1ccccc1C(F)(F)F. The predicted octanol–water partition coefficient (Wildman–Crippen LogP) is 3.19. The number of para-hydroxylation sites is 1. The van der Waals surface area contributed by atoms with Gasteiger partial charge in [0.1, 0.15) is 6.54 Å². The molecule has 0 aliphatic rings. The summed E-state index contributed by atoms with van der Waals surface area (Å²) in [4.78, 5) is 11.7. The minimum atomic E-state index is -4.53. The van der Waals surface area contributed by atoms with Crippen LogP contribution >= 0.6 is 11.6 Å². The fourth-order valence-corrected chi connectivity index (χ4v) is 1.76. The van der Waals surface area contributed by atoms with Crippen molar-refractivity contribution in [1.82, 2.24) is 9.78 Å². The van der Waals surface area contributed by atoms with Gasteiger partial charge in [0.15, 0.2) is 0 Å². The first kappa shape index (κ1) is 14.4. The summed E-state index contributed by atoms with van der Waals surface area (Å²) in [7, 11) is 0. The summed E-state index contributed by atoms with van der Waals surface area (Å²) in [5.41, 5.74) is -1.19. The minimum absolute atomic E-state index is 0.223. The van der Waals surface area contributed by atoms with Crippen molar-refractivity contribution < 1.29 is 18.0 Å². The fourth-order valence-electron chi connectivity index (χ4n) is 1.60. The maximum Gasteiger partial charge on any atom is 0.418 e. The van der Waals surface area contributed by atoms with Gasteiger partial charge in [0.25, 0.3) is 0 Å². The van der Waals surface area contributed by atoms with Gasteiger partial charge in [0.2, 0.25) is 5.91 Å². The number of aromatic nitrogens is 2. The number of nitrogens with zero attached hydrogens (tertiary/aromatic N) is 2. The van der Waals surface area contributed by atoms with Gasteiger partial charge in [-0.2, -0.15) is 18.3 Å². The summed E-state index contributed by atoms with van der Waals surface area (Å²) in [6, 6.07) is 4.76. The van der Waals surface area contributed by atoms with Crippen molar-refractivity contribution in [3.05, 3.63) is 47.2 Å². The molecule has 0 saturated heterocycles. The van der Waals surface area contributed by atoms with Gasteiger partial charge in [-0.25, -0.2) is 0 Å². The molecule has 0 saturated carbocycles. The van der Waals surface area contributed by atoms with Crippen LogP contribution in [0.1, 0.15) is 5.56 Å². The summed E-state index contributed by atoms with van der Waals surface area (Å²) in [6.07, 6.45) is -1.80. The van der Waals surface area contributed by atoms with Gasteiger partial charge in [-0.05, 0) is 12.1 Å². The van der Waals surface area contributed by atoms with E-state index in [1.165, 1.54) is 35.3 Å². The number of amides is 1. The number of carbonyl (C=O) groups is 1. The van der Waals surface area contributed by atoms with Gasteiger partial charge < -0.3 is 5.32 Å². The Kier molecular flexibility index (Phi) is 3.99. The first-order valence-corrected chi connectivity index (χ1v) is 5.88. The Bertz CT molecular complexity index is 624. The van der Waals surface area contributed by atoms with Crippen LogP contribution in [0.4, 0.5) is 18.9 Å². The van der Waals surface area contributed by atoms with Crippen LogP contribution in [-0.2, 0) is 17.5 Å². The molecule has 4 nitrogen and oxygen atoms in total. The first-order chi connectivity index (χ1) is 9.36. The Labute approximate surface area is 117 Å². The zero-order valence-corrected chi connectivity index (χ0v) is 10.7. The summed E-state index contributed by atoms with van der Waals surface area (Å²) >= 11 is 5.63. The third kappa shape index (κ3) is 3.51. The molecule has 0 unspecified atom stereocenters. The number of alkyl halides is 3. The monoisotopic (exact) mass is 303 g/mol. The Morgan fingerprint density at radius 3 is 2.65 bits per heavy atom. The number of hydrogen-bond acceptors (Lipinski definition) is 2. The second kappa shape index (κ2) is 5.54. The van der Waals surface area contributed by atoms with Crippen molar-refractivity contribution in [2.45, 2.75) is 12.7 Å². The largest absolute Gasteiger partial charge is 0.418 e. The standard InChI is InChI=1S/C12H9ClF3N3O/c13-8-5-17-19(6-8)7-11(20)18-10-4-2-1-3-9(10)12(14,15)16/h1-6H,7H2,(H,18,20). The first-order valence-electron chi connectivity index (χ1n) is 5.50. The van der Waals surface area contributed by atoms with E-state index >= 15 is 0 Å². The molecule has 2 rings (SSSR count). The third-order valence-electron chi connectivity index (χ3n) is 2.41. The molecular formula is C12H9ClF3N3O. The Morgan fingerprint density at radius 1 is 1.35 bits per heavy atom. The van der Waals surface area contributed by atoms with E-state index in [-0.39, 0.29) is 12.2 Å². The van der Waals surface area contributed by atoms with E-state index < -0.39 is 17.6 Å². The summed E-state index contributed by atoms with van der Waals surface area (Å²) in [5.74, 6) is -0.624. The van der Waals surface area contributed by atoms with E-state index in [0.29, 0.717) is 5.02 Å². The molecule has 1 N–H and O–H groups in total. The molecule has 0 aliphatic heterocycles. The van der Waals surface area contributed by atoms with Gasteiger partial charge >= 0.3 is 6.18 Å². The molecule has 0 atom stereocenters. The van der Waals surface area contributed by atoms with Crippen molar-refractivity contribution in [2.75, 3.05) is 5.32 Å². The quantitative estimate of drug-likeness (QED) is 0.946. The zero-order valence-electron chi connectivity index (χ0n) is 9.99. The van der Waals surface area contributed by atoms with Gasteiger partial charge in [-0.3, -0.25) is 9.48 Å². The highest BCUT2D eigenvalue weighted by atomic mass is 35.5. The lowest BCUT2D eigenvalue weighted by Crippen LogP contribution is -2.21. The highest BCUT2D eigenvalue weighted by Crippen LogP contribution is 2.34. The molecular weight excluding hydrogens is 295 g/mol. The maximum absolute atomic E-state index is 12.7. The molecule has 0 bridgehead atoms. The molecule has 1 aromatic carbocycles. The van der Waals surface area contributed by atoms with Crippen LogP contribution < -0.4 is 5.32 Å². The number of halogens is 4. The minimum Gasteiger partial charge on any atom is -0.324 e. The molecule has 1 heterocycles. The van der Waals surface area contributed by atoms with Crippen molar-refractivity contribution in [2.24, 2.45) is 0 Å². The van der Waals surface area contributed by atoms with Crippen LogP contribution in [0, 0.1) is 0 Å². The molecule has 2 aromatic rings. The van der Waals surface area contributed by atoms with Crippen LogP contribution in [0.3, 0.4) is 0 Å². The summed E-state index contributed by atoms with van der Waals surface area (Å²) in [5, 5.41) is 6.32. The molecule has 1 aromatic heterocycles. The molecule has 1 amide bonds. The van der Waals surface area contributed by atoms with Crippen molar-refractivity contribution in [1.29, 1.82) is 0 Å². The average Bonchev–Trinajstić information content (AvgIpc) is 2.73. The fraction of sp³-hybridized carbons (Fsp3) is 0.167. The van der Waals surface area contributed by atoms with Gasteiger partial charge in [0, 0.05) is 6.20 Å². The second-order valence-corrected chi connectivity index (χ2v) is 4.38. The Balaban J connectivity index is 2.12. The highest BCUT2D eigenvalue weighted by Gasteiger charge is 2.33. The molecule has 8 heteroatoms. The van der Waals surface area contributed by atoms with Crippen molar-refractivity contribution >= 4 is 23.2 Å². The van der Waals surface area contributed by atoms with E-state index in [4.69, 9.17) is 11.6 Å². The second-order valence-electron chi connectivity index (χ2n) is 3.95. The lowest BCUT2D eigenvalue weighted by atomic mass is 10.1. The van der Waals surface area contributed by atoms with Gasteiger partial charge in [0.05, 0.1) is 22.5 Å². The maximum atomic E-state index is 12.7. The van der Waals surface area contributed by atoms with Gasteiger partial charge in [-0.1, -0.05) is 23.7 Å². The van der Waals surface area contributed by atoms with Crippen LogP contribution in [-0.4, -0.2) is 15.7 Å². The van der Waals surface area contributed by atoms with E-state index in [9.17, 15) is 18.0 Å². The highest BCUT2D eigenvalue weighted by molar-refractivity contribution is 6.30. The number of anilines is 1. The average molecular weight is 304 g/mol. The van der Waals surface area contributed by atoms with Crippen LogP contribution in [0.25, 0.3) is 0 Å². The molecule has 0 radical (unpaired) electrons. The Hall–Kier alpha value is -2.02. The van der Waals surface area contributed by atoms with E-state index in [1.807, 2.05) is 0 Å². The number of nitrogens with one attached hydrogen (secondary N) is 1. The normalized spacial score (nSPS) is 11.4. The van der Waals surface area contributed by atoms with Gasteiger partial charge in [-0.15, -0.1) is 0 Å². The number of benzene rings is 1. The van der Waals surface area contributed by atoms with Crippen LogP contribution in [0.2, 0.25) is 5.02 Å². The third-order valence-corrected chi connectivity index (χ3v) is 2.61. The summed E-state index contributed by atoms with van der Waals surface area (Å²) in [6.45, 7) is -0.223. The number of hydrogen-bond donors (Lipinski definition) is 1.